The van der Waals surface area contributed by atoms with Crippen LogP contribution in [0.4, 0.5) is 13.6 Å². The Hall–Kier alpha value is -3.69. The number of aliphatic hydroxyl groups excluding tert-OH is 1. The van der Waals surface area contributed by atoms with Crippen molar-refractivity contribution < 1.29 is 42.5 Å². The van der Waals surface area contributed by atoms with Gasteiger partial charge in [0.2, 0.25) is 0 Å². The lowest BCUT2D eigenvalue weighted by molar-refractivity contribution is -0.125. The van der Waals surface area contributed by atoms with E-state index in [2.05, 4.69) is 10.1 Å². The summed E-state index contributed by atoms with van der Waals surface area (Å²) in [7, 11) is 1.27. The molecule has 222 valence electrons. The summed E-state index contributed by atoms with van der Waals surface area (Å²) in [5.41, 5.74) is 1.31. The van der Waals surface area contributed by atoms with E-state index in [1.165, 1.54) is 26.3 Å². The maximum absolute atomic E-state index is 11.7. The van der Waals surface area contributed by atoms with Crippen molar-refractivity contribution in [2.45, 2.75) is 80.6 Å². The SMILES string of the molecule is CC.CC.CCC(=O)/C(C)=C(O)/C=C(/CCC/C=C/NC(=O)OC)OC=O.Cc1ccc(OCC(F)F)cc1. The number of carbonyl (C=O) groups is 3. The van der Waals surface area contributed by atoms with E-state index >= 15 is 0 Å². The number of ether oxygens (including phenoxy) is 3. The molecule has 0 aliphatic heterocycles. The molecular formula is C29H45F2NO7. The molecule has 1 aromatic rings. The van der Waals surface area contributed by atoms with Crippen LogP contribution in [0.2, 0.25) is 0 Å². The van der Waals surface area contributed by atoms with Crippen molar-refractivity contribution in [2.24, 2.45) is 0 Å². The normalized spacial score (nSPS) is 10.9. The van der Waals surface area contributed by atoms with E-state index in [0.717, 1.165) is 5.56 Å². The Morgan fingerprint density at radius 1 is 1.10 bits per heavy atom. The van der Waals surface area contributed by atoms with Gasteiger partial charge in [-0.2, -0.15) is 0 Å². The van der Waals surface area contributed by atoms with Crippen molar-refractivity contribution in [3.8, 4) is 5.75 Å². The number of Topliss-reactive ketones (excluding diaryl/α,β-unsaturated/α-hetero) is 1. The van der Waals surface area contributed by atoms with Gasteiger partial charge in [0.1, 0.15) is 23.9 Å². The fraction of sp³-hybridized carbons (Fsp3) is 0.483. The number of amides is 1. The number of unbranched alkanes of at least 4 members (excludes halogenated alkanes) is 1. The monoisotopic (exact) mass is 557 g/mol. The molecule has 8 nitrogen and oxygen atoms in total. The van der Waals surface area contributed by atoms with E-state index in [1.807, 2.05) is 46.8 Å². The number of ketones is 1. The van der Waals surface area contributed by atoms with Crippen molar-refractivity contribution in [1.82, 2.24) is 5.32 Å². The molecule has 1 amide bonds. The number of alkyl carbamates (subject to hydrolysis) is 1. The van der Waals surface area contributed by atoms with Crippen molar-refractivity contribution in [3.05, 3.63) is 65.3 Å². The first-order valence-electron chi connectivity index (χ1n) is 12.9. The van der Waals surface area contributed by atoms with Crippen LogP contribution in [0.5, 0.6) is 5.75 Å². The Morgan fingerprint density at radius 3 is 2.18 bits per heavy atom. The van der Waals surface area contributed by atoms with E-state index < -0.39 is 19.1 Å². The number of hydrogen-bond acceptors (Lipinski definition) is 7. The number of halogens is 2. The van der Waals surface area contributed by atoms with Gasteiger partial charge in [-0.3, -0.25) is 14.9 Å². The van der Waals surface area contributed by atoms with Crippen LogP contribution in [0.3, 0.4) is 0 Å². The van der Waals surface area contributed by atoms with Crippen LogP contribution >= 0.6 is 0 Å². The van der Waals surface area contributed by atoms with Crippen LogP contribution in [0.25, 0.3) is 0 Å². The summed E-state index contributed by atoms with van der Waals surface area (Å²) in [6, 6.07) is 7.00. The molecule has 0 unspecified atom stereocenters. The Balaban J connectivity index is -0.000000674. The third-order valence-electron chi connectivity index (χ3n) is 4.32. The molecule has 39 heavy (non-hydrogen) atoms. The van der Waals surface area contributed by atoms with Gasteiger partial charge in [0, 0.05) is 30.7 Å². The standard InChI is InChI=1S/C16H23NO6.C9H10F2O.2C2H6/c1-4-14(19)12(2)15(20)10-13(23-11-18)8-6-5-7-9-17-16(21)22-3;1-7-2-4-8(5-3-7)12-6-9(10)11;2*1-2/h7,9-11,20H,4-6,8H2,1-3H3,(H,17,21);2-5,9H,6H2,1H3;2*1-2H3/b9-7+,13-10-,15-12-;;;. The molecule has 0 radical (unpaired) electrons. The molecule has 0 aliphatic carbocycles. The highest BCUT2D eigenvalue weighted by Gasteiger charge is 2.08. The minimum atomic E-state index is -2.41. The fourth-order valence-corrected chi connectivity index (χ4v) is 2.35. The van der Waals surface area contributed by atoms with Crippen LogP contribution < -0.4 is 10.1 Å². The number of alkyl halides is 2. The van der Waals surface area contributed by atoms with Gasteiger partial charge >= 0.3 is 6.09 Å². The topological polar surface area (TPSA) is 111 Å². The van der Waals surface area contributed by atoms with Crippen LogP contribution in [-0.4, -0.2) is 43.6 Å². The highest BCUT2D eigenvalue weighted by molar-refractivity contribution is 5.95. The first-order valence-corrected chi connectivity index (χ1v) is 12.9. The number of benzene rings is 1. The Labute approximate surface area is 231 Å². The number of hydrogen-bond donors (Lipinski definition) is 2. The van der Waals surface area contributed by atoms with Gasteiger partial charge in [0.25, 0.3) is 12.9 Å². The third-order valence-corrected chi connectivity index (χ3v) is 4.32. The summed E-state index contributed by atoms with van der Waals surface area (Å²) < 4.78 is 37.3. The summed E-state index contributed by atoms with van der Waals surface area (Å²) in [6.45, 7) is 12.9. The number of allylic oxidation sites excluding steroid dienone is 4. The molecule has 0 fully saturated rings. The number of carbonyl (C=O) groups excluding carboxylic acids is 3. The molecule has 0 aliphatic rings. The molecular weight excluding hydrogens is 512 g/mol. The molecule has 0 aromatic heterocycles. The second-order valence-electron chi connectivity index (χ2n) is 7.06. The quantitative estimate of drug-likeness (QED) is 0.0845. The molecule has 2 N–H and O–H groups in total. The van der Waals surface area contributed by atoms with E-state index in [9.17, 15) is 28.3 Å². The van der Waals surface area contributed by atoms with E-state index in [1.54, 1.807) is 25.1 Å². The second-order valence-corrected chi connectivity index (χ2v) is 7.06. The van der Waals surface area contributed by atoms with Crippen LogP contribution in [0, 0.1) is 6.92 Å². The van der Waals surface area contributed by atoms with Crippen molar-refractivity contribution in [1.29, 1.82) is 0 Å². The maximum atomic E-state index is 11.7. The summed E-state index contributed by atoms with van der Waals surface area (Å²) in [4.78, 5) is 32.8. The second kappa shape index (κ2) is 27.3. The zero-order chi connectivity index (χ0) is 30.6. The van der Waals surface area contributed by atoms with Gasteiger partial charge < -0.3 is 19.3 Å². The predicted octanol–water partition coefficient (Wildman–Crippen LogP) is 7.59. The van der Waals surface area contributed by atoms with Gasteiger partial charge in [-0.15, -0.1) is 0 Å². The lowest BCUT2D eigenvalue weighted by atomic mass is 10.1. The molecule has 0 saturated heterocycles. The van der Waals surface area contributed by atoms with Crippen molar-refractivity contribution >= 4 is 18.3 Å². The van der Waals surface area contributed by atoms with Crippen LogP contribution in [-0.2, 0) is 19.1 Å². The summed E-state index contributed by atoms with van der Waals surface area (Å²) >= 11 is 0. The minimum absolute atomic E-state index is 0.180. The molecule has 0 heterocycles. The first-order chi connectivity index (χ1) is 18.6. The molecule has 10 heteroatoms. The zero-order valence-electron chi connectivity index (χ0n) is 24.4. The van der Waals surface area contributed by atoms with Gasteiger partial charge in [-0.1, -0.05) is 58.4 Å². The third kappa shape index (κ3) is 23.2. The first kappa shape index (κ1) is 39.8. The summed E-state index contributed by atoms with van der Waals surface area (Å²) in [5, 5.41) is 12.2. The molecule has 0 spiro atoms. The molecule has 0 saturated carbocycles. The summed E-state index contributed by atoms with van der Waals surface area (Å²) in [5.74, 6) is 0.355. The molecule has 0 bridgehead atoms. The van der Waals surface area contributed by atoms with Crippen molar-refractivity contribution in [2.75, 3.05) is 13.7 Å². The van der Waals surface area contributed by atoms with Crippen LogP contribution in [0.15, 0.2) is 59.7 Å². The van der Waals surface area contributed by atoms with E-state index in [0.29, 0.717) is 25.0 Å². The number of methoxy groups -OCH3 is 1. The highest BCUT2D eigenvalue weighted by Crippen LogP contribution is 2.14. The van der Waals surface area contributed by atoms with Gasteiger partial charge in [-0.05, 0) is 38.8 Å². The average molecular weight is 558 g/mol. The number of aliphatic hydroxyl groups is 1. The highest BCUT2D eigenvalue weighted by atomic mass is 19.3. The number of rotatable bonds is 13. The smallest absolute Gasteiger partial charge is 0.410 e. The number of nitrogens with one attached hydrogen (secondary N) is 1. The van der Waals surface area contributed by atoms with Gasteiger partial charge in [0.05, 0.1) is 7.11 Å². The predicted molar refractivity (Wildman–Crippen MR) is 150 cm³/mol. The summed E-state index contributed by atoms with van der Waals surface area (Å²) in [6.07, 6.45) is 3.38. The zero-order valence-corrected chi connectivity index (χ0v) is 24.4. The average Bonchev–Trinajstić information content (AvgIpc) is 2.95. The Bertz CT molecular complexity index is 880. The Kier molecular flexibility index (Phi) is 27.9. The fourth-order valence-electron chi connectivity index (χ4n) is 2.35. The molecule has 1 rings (SSSR count). The largest absolute Gasteiger partial charge is 0.507 e. The van der Waals surface area contributed by atoms with Gasteiger partial charge in [0.15, 0.2) is 5.78 Å². The van der Waals surface area contributed by atoms with E-state index in [-0.39, 0.29) is 35.8 Å². The van der Waals surface area contributed by atoms with E-state index in [4.69, 9.17) is 9.47 Å². The minimum Gasteiger partial charge on any atom is -0.507 e. The van der Waals surface area contributed by atoms with Crippen LogP contribution in [0.1, 0.15) is 72.8 Å². The number of aryl methyl sites for hydroxylation is 1. The Morgan fingerprint density at radius 2 is 1.69 bits per heavy atom. The maximum Gasteiger partial charge on any atom is 0.410 e. The molecule has 1 aromatic carbocycles. The lowest BCUT2D eigenvalue weighted by Gasteiger charge is -2.05. The van der Waals surface area contributed by atoms with Crippen molar-refractivity contribution in [3.63, 3.8) is 0 Å². The molecule has 0 atom stereocenters. The van der Waals surface area contributed by atoms with Gasteiger partial charge in [-0.25, -0.2) is 13.6 Å². The lowest BCUT2D eigenvalue weighted by Crippen LogP contribution is -2.15.